The lowest BCUT2D eigenvalue weighted by Crippen LogP contribution is -2.48. The molecule has 4 rings (SSSR count). The number of amides is 1. The normalized spacial score (nSPS) is 16.1. The van der Waals surface area contributed by atoms with Gasteiger partial charge in [0.2, 0.25) is 5.91 Å². The topological polar surface area (TPSA) is 94.6 Å². The molecule has 0 saturated heterocycles. The van der Waals surface area contributed by atoms with Crippen molar-refractivity contribution >= 4 is 17.7 Å². The molecule has 0 bridgehead atoms. The quantitative estimate of drug-likeness (QED) is 0.328. The predicted molar refractivity (Wildman–Crippen MR) is 147 cm³/mol. The third kappa shape index (κ3) is 8.03. The van der Waals surface area contributed by atoms with E-state index in [0.717, 1.165) is 55.8 Å². The van der Waals surface area contributed by atoms with E-state index in [4.69, 9.17) is 4.98 Å². The Morgan fingerprint density at radius 2 is 1.92 bits per heavy atom. The predicted octanol–water partition coefficient (Wildman–Crippen LogP) is 4.46. The Kier molecular flexibility index (Phi) is 9.19. The summed E-state index contributed by atoms with van der Waals surface area (Å²) in [7, 11) is 0. The Labute approximate surface area is 221 Å². The Balaban J connectivity index is 1.23. The van der Waals surface area contributed by atoms with Gasteiger partial charge in [-0.05, 0) is 81.5 Å². The average Bonchev–Trinajstić information content (AvgIpc) is 3.73. The maximum absolute atomic E-state index is 13.0. The number of carbonyl (C=O) groups is 2. The first-order chi connectivity index (χ1) is 17.8. The summed E-state index contributed by atoms with van der Waals surface area (Å²) in [4.78, 5) is 32.2. The van der Waals surface area contributed by atoms with E-state index >= 15 is 0 Å². The van der Waals surface area contributed by atoms with Gasteiger partial charge in [-0.15, -0.1) is 0 Å². The zero-order valence-corrected chi connectivity index (χ0v) is 22.3. The van der Waals surface area contributed by atoms with Crippen LogP contribution >= 0.6 is 0 Å². The fourth-order valence-corrected chi connectivity index (χ4v) is 5.14. The maximum atomic E-state index is 13.0. The number of unbranched alkanes of at least 4 members (excludes halogenated alkanes) is 1. The van der Waals surface area contributed by atoms with Crippen molar-refractivity contribution in [3.05, 3.63) is 59.3 Å². The zero-order chi connectivity index (χ0) is 26.3. The number of fused-ring (bicyclic) bond motifs is 1. The lowest BCUT2D eigenvalue weighted by Gasteiger charge is -2.28. The number of carboxylic acids is 1. The zero-order valence-electron chi connectivity index (χ0n) is 22.3. The van der Waals surface area contributed by atoms with Crippen LogP contribution in [0.15, 0.2) is 42.5 Å². The van der Waals surface area contributed by atoms with E-state index in [9.17, 15) is 14.7 Å². The maximum Gasteiger partial charge on any atom is 0.326 e. The van der Waals surface area contributed by atoms with E-state index in [0.29, 0.717) is 25.4 Å². The van der Waals surface area contributed by atoms with Gasteiger partial charge in [0.1, 0.15) is 11.9 Å². The van der Waals surface area contributed by atoms with Crippen LogP contribution in [0, 0.1) is 5.41 Å². The molecule has 1 unspecified atom stereocenters. The van der Waals surface area contributed by atoms with Crippen LogP contribution in [0.3, 0.4) is 0 Å². The molecule has 7 heteroatoms. The first kappa shape index (κ1) is 27.1. The first-order valence-electron chi connectivity index (χ1n) is 13.9. The number of nitrogens with one attached hydrogen (secondary N) is 2. The van der Waals surface area contributed by atoms with Gasteiger partial charge >= 0.3 is 5.97 Å². The molecule has 1 aliphatic carbocycles. The number of carboxylic acid groups (broad SMARTS) is 1. The second kappa shape index (κ2) is 12.5. The number of hydrogen-bond donors (Lipinski definition) is 3. The van der Waals surface area contributed by atoms with Crippen molar-refractivity contribution in [1.82, 2.24) is 15.2 Å². The highest BCUT2D eigenvalue weighted by molar-refractivity contribution is 5.87. The minimum absolute atomic E-state index is 0.214. The molecule has 1 atom stereocenters. The minimum Gasteiger partial charge on any atom is -0.480 e. The molecule has 2 aliphatic rings. The molecule has 37 heavy (non-hydrogen) atoms. The number of pyridine rings is 1. The first-order valence-corrected chi connectivity index (χ1v) is 13.9. The van der Waals surface area contributed by atoms with E-state index in [1.165, 1.54) is 24.8 Å². The van der Waals surface area contributed by atoms with Crippen LogP contribution in [-0.2, 0) is 28.9 Å². The standard InChI is InChI=1S/C30H42N4O3/c1-30(2,21-22-9-4-3-5-10-22)29(37)33-26(28(35)36)17-20-34(25-15-16-25)19-7-6-12-24-14-13-23-11-8-18-31-27(23)32-24/h3-5,9-10,13-14,25-26H,6-8,11-12,15-21H2,1-2H3,(H,31,32)(H,33,37)(H,35,36). The van der Waals surface area contributed by atoms with E-state index < -0.39 is 17.4 Å². The fourth-order valence-electron chi connectivity index (χ4n) is 5.14. The van der Waals surface area contributed by atoms with Crippen molar-refractivity contribution in [3.63, 3.8) is 0 Å². The van der Waals surface area contributed by atoms with Crippen LogP contribution in [-0.4, -0.2) is 58.6 Å². The molecule has 1 aromatic heterocycles. The summed E-state index contributed by atoms with van der Waals surface area (Å²) in [5.74, 6) is -0.127. The molecule has 1 saturated carbocycles. The molecule has 0 spiro atoms. The second-order valence-corrected chi connectivity index (χ2v) is 11.3. The summed E-state index contributed by atoms with van der Waals surface area (Å²) in [6.45, 7) is 6.38. The van der Waals surface area contributed by atoms with Gasteiger partial charge in [-0.1, -0.05) is 50.2 Å². The lowest BCUT2D eigenvalue weighted by atomic mass is 9.84. The highest BCUT2D eigenvalue weighted by Crippen LogP contribution is 2.28. The van der Waals surface area contributed by atoms with Crippen molar-refractivity contribution < 1.29 is 14.7 Å². The van der Waals surface area contributed by atoms with Crippen molar-refractivity contribution in [1.29, 1.82) is 0 Å². The van der Waals surface area contributed by atoms with Gasteiger partial charge in [-0.25, -0.2) is 9.78 Å². The van der Waals surface area contributed by atoms with Gasteiger partial charge in [-0.2, -0.15) is 0 Å². The van der Waals surface area contributed by atoms with Crippen LogP contribution in [0.1, 0.15) is 69.2 Å². The molecule has 1 aliphatic heterocycles. The number of anilines is 1. The molecule has 3 N–H and O–H groups in total. The molecule has 2 aromatic rings. The van der Waals surface area contributed by atoms with Crippen LogP contribution in [0.2, 0.25) is 0 Å². The number of aliphatic carboxylic acids is 1. The fraction of sp³-hybridized carbons (Fsp3) is 0.567. The number of aromatic nitrogens is 1. The van der Waals surface area contributed by atoms with Crippen LogP contribution in [0.5, 0.6) is 0 Å². The molecule has 0 radical (unpaired) electrons. The number of hydrogen-bond acceptors (Lipinski definition) is 5. The van der Waals surface area contributed by atoms with Gasteiger partial charge in [0.15, 0.2) is 0 Å². The van der Waals surface area contributed by atoms with Crippen LogP contribution < -0.4 is 10.6 Å². The Hall–Kier alpha value is -2.93. The SMILES string of the molecule is CC(C)(Cc1ccccc1)C(=O)NC(CCN(CCCCc1ccc2c(n1)NCCC2)C1CC1)C(=O)O. The Morgan fingerprint density at radius 1 is 1.14 bits per heavy atom. The van der Waals surface area contributed by atoms with Gasteiger partial charge in [0.05, 0.1) is 0 Å². The third-order valence-electron chi connectivity index (χ3n) is 7.56. The molecule has 2 heterocycles. The molecule has 7 nitrogen and oxygen atoms in total. The Morgan fingerprint density at radius 3 is 2.65 bits per heavy atom. The van der Waals surface area contributed by atoms with E-state index in [1.807, 2.05) is 44.2 Å². The number of rotatable bonds is 14. The van der Waals surface area contributed by atoms with Gasteiger partial charge in [0, 0.05) is 30.2 Å². The van der Waals surface area contributed by atoms with Crippen LogP contribution in [0.4, 0.5) is 5.82 Å². The van der Waals surface area contributed by atoms with Crippen molar-refractivity contribution in [2.75, 3.05) is 25.0 Å². The molecule has 1 aromatic carbocycles. The van der Waals surface area contributed by atoms with E-state index in [-0.39, 0.29) is 5.91 Å². The van der Waals surface area contributed by atoms with Gasteiger partial charge in [0.25, 0.3) is 0 Å². The summed E-state index contributed by atoms with van der Waals surface area (Å²) in [5, 5.41) is 16.1. The van der Waals surface area contributed by atoms with E-state index in [2.05, 4.69) is 27.7 Å². The van der Waals surface area contributed by atoms with Gasteiger partial charge < -0.3 is 20.6 Å². The average molecular weight is 507 g/mol. The molecule has 200 valence electrons. The summed E-state index contributed by atoms with van der Waals surface area (Å²) in [6, 6.07) is 13.9. The lowest BCUT2D eigenvalue weighted by molar-refractivity contribution is -0.143. The molecular weight excluding hydrogens is 464 g/mol. The second-order valence-electron chi connectivity index (χ2n) is 11.3. The molecule has 1 amide bonds. The van der Waals surface area contributed by atoms with E-state index in [1.54, 1.807) is 0 Å². The number of nitrogens with zero attached hydrogens (tertiary/aromatic N) is 2. The summed E-state index contributed by atoms with van der Waals surface area (Å²) < 4.78 is 0. The van der Waals surface area contributed by atoms with Crippen molar-refractivity contribution in [2.24, 2.45) is 5.41 Å². The highest BCUT2D eigenvalue weighted by Gasteiger charge is 2.33. The highest BCUT2D eigenvalue weighted by atomic mass is 16.4. The summed E-state index contributed by atoms with van der Waals surface area (Å²) >= 11 is 0. The molecule has 1 fully saturated rings. The number of aryl methyl sites for hydroxylation is 2. The van der Waals surface area contributed by atoms with Crippen LogP contribution in [0.25, 0.3) is 0 Å². The molecular formula is C30H42N4O3. The number of carbonyl (C=O) groups excluding carboxylic acids is 1. The van der Waals surface area contributed by atoms with Crippen molar-refractivity contribution in [2.45, 2.75) is 83.7 Å². The smallest absolute Gasteiger partial charge is 0.326 e. The van der Waals surface area contributed by atoms with Crippen molar-refractivity contribution in [3.8, 4) is 0 Å². The van der Waals surface area contributed by atoms with Gasteiger partial charge in [-0.3, -0.25) is 4.79 Å². The largest absolute Gasteiger partial charge is 0.480 e. The summed E-state index contributed by atoms with van der Waals surface area (Å²) in [5.41, 5.74) is 2.83. The summed E-state index contributed by atoms with van der Waals surface area (Å²) in [6.07, 6.45) is 8.67. The monoisotopic (exact) mass is 506 g/mol. The number of benzene rings is 1. The minimum atomic E-state index is -0.966. The Bertz CT molecular complexity index is 1050. The third-order valence-corrected chi connectivity index (χ3v) is 7.56.